The second-order valence-electron chi connectivity index (χ2n) is 3.63. The molecule has 0 spiro atoms. The highest BCUT2D eigenvalue weighted by atomic mass is 35.5. The van der Waals surface area contributed by atoms with Crippen LogP contribution in [0.1, 0.15) is 6.42 Å². The fourth-order valence-corrected chi connectivity index (χ4v) is 2.97. The SMILES string of the molecule is NS(=O)(=O)CCCNc1nc(Cl)nc2sccc12. The van der Waals surface area contributed by atoms with Crippen LogP contribution in [0.2, 0.25) is 5.28 Å². The van der Waals surface area contributed by atoms with Crippen molar-refractivity contribution in [2.75, 3.05) is 17.6 Å². The molecule has 9 heteroatoms. The molecule has 98 valence electrons. The molecule has 0 bridgehead atoms. The number of aromatic nitrogens is 2. The van der Waals surface area contributed by atoms with Crippen LogP contribution < -0.4 is 10.5 Å². The molecule has 0 saturated heterocycles. The molecule has 0 radical (unpaired) electrons. The fourth-order valence-electron chi connectivity index (χ4n) is 1.44. The molecule has 0 saturated carbocycles. The van der Waals surface area contributed by atoms with Crippen LogP contribution in [0.4, 0.5) is 5.82 Å². The van der Waals surface area contributed by atoms with Crippen molar-refractivity contribution >= 4 is 49.0 Å². The first kappa shape index (κ1) is 13.5. The standard InChI is InChI=1S/C9H11ClN4O2S2/c10-9-13-7(6-2-4-17-8(6)14-9)12-3-1-5-18(11,15)16/h2,4H,1,3,5H2,(H2,11,15,16)(H,12,13,14). The summed E-state index contributed by atoms with van der Waals surface area (Å²) in [5.74, 6) is 0.548. The molecule has 3 N–H and O–H groups in total. The van der Waals surface area contributed by atoms with E-state index in [4.69, 9.17) is 16.7 Å². The topological polar surface area (TPSA) is 98.0 Å². The van der Waals surface area contributed by atoms with Gasteiger partial charge in [-0.15, -0.1) is 11.3 Å². The van der Waals surface area contributed by atoms with Crippen molar-refractivity contribution in [3.05, 3.63) is 16.7 Å². The molecular weight excluding hydrogens is 296 g/mol. The Kier molecular flexibility index (Phi) is 4.00. The van der Waals surface area contributed by atoms with Gasteiger partial charge in [-0.1, -0.05) is 0 Å². The molecule has 2 rings (SSSR count). The fraction of sp³-hybridized carbons (Fsp3) is 0.333. The summed E-state index contributed by atoms with van der Waals surface area (Å²) in [6, 6.07) is 1.89. The number of hydrogen-bond acceptors (Lipinski definition) is 6. The molecule has 2 aromatic rings. The van der Waals surface area contributed by atoms with Gasteiger partial charge in [0.05, 0.1) is 11.1 Å². The van der Waals surface area contributed by atoms with E-state index in [-0.39, 0.29) is 11.0 Å². The zero-order valence-corrected chi connectivity index (χ0v) is 11.6. The number of primary sulfonamides is 1. The minimum absolute atomic E-state index is 0.0639. The number of nitrogens with one attached hydrogen (secondary N) is 1. The van der Waals surface area contributed by atoms with E-state index >= 15 is 0 Å². The van der Waals surface area contributed by atoms with Gasteiger partial charge in [0.15, 0.2) is 0 Å². The van der Waals surface area contributed by atoms with Gasteiger partial charge in [-0.05, 0) is 29.5 Å². The number of halogens is 1. The maximum atomic E-state index is 10.8. The summed E-state index contributed by atoms with van der Waals surface area (Å²) in [5.41, 5.74) is 0. The van der Waals surface area contributed by atoms with E-state index in [1.807, 2.05) is 11.4 Å². The lowest BCUT2D eigenvalue weighted by molar-refractivity contribution is 0.596. The summed E-state index contributed by atoms with van der Waals surface area (Å²) in [7, 11) is -3.42. The van der Waals surface area contributed by atoms with Gasteiger partial charge in [-0.3, -0.25) is 0 Å². The Hall–Kier alpha value is -0.960. The van der Waals surface area contributed by atoms with E-state index in [0.29, 0.717) is 18.8 Å². The molecule has 2 heterocycles. The maximum Gasteiger partial charge on any atom is 0.225 e. The van der Waals surface area contributed by atoms with Crippen LogP contribution in [0.25, 0.3) is 10.2 Å². The van der Waals surface area contributed by atoms with Crippen molar-refractivity contribution in [3.8, 4) is 0 Å². The molecule has 0 unspecified atom stereocenters. The summed E-state index contributed by atoms with van der Waals surface area (Å²) in [4.78, 5) is 8.95. The minimum atomic E-state index is -3.42. The zero-order valence-electron chi connectivity index (χ0n) is 9.26. The summed E-state index contributed by atoms with van der Waals surface area (Å²) in [6.45, 7) is 0.453. The Morgan fingerprint density at radius 3 is 2.94 bits per heavy atom. The van der Waals surface area contributed by atoms with Crippen molar-refractivity contribution in [3.63, 3.8) is 0 Å². The number of fused-ring (bicyclic) bond motifs is 1. The van der Waals surface area contributed by atoms with Crippen LogP contribution in [0.3, 0.4) is 0 Å². The van der Waals surface area contributed by atoms with Gasteiger partial charge in [0.25, 0.3) is 0 Å². The molecular formula is C9H11ClN4O2S2. The lowest BCUT2D eigenvalue weighted by Crippen LogP contribution is -2.18. The molecule has 0 aliphatic carbocycles. The molecule has 0 amide bonds. The summed E-state index contributed by atoms with van der Waals surface area (Å²) < 4.78 is 21.5. The second-order valence-corrected chi connectivity index (χ2v) is 6.59. The van der Waals surface area contributed by atoms with Crippen molar-refractivity contribution in [2.24, 2.45) is 5.14 Å². The average Bonchev–Trinajstić information content (AvgIpc) is 2.70. The van der Waals surface area contributed by atoms with Gasteiger partial charge >= 0.3 is 0 Å². The monoisotopic (exact) mass is 306 g/mol. The number of sulfonamides is 1. The Labute approximate surface area is 113 Å². The van der Waals surface area contributed by atoms with E-state index in [0.717, 1.165) is 10.2 Å². The van der Waals surface area contributed by atoms with E-state index in [1.54, 1.807) is 0 Å². The smallest absolute Gasteiger partial charge is 0.225 e. The van der Waals surface area contributed by atoms with Crippen LogP contribution in [0.15, 0.2) is 11.4 Å². The Morgan fingerprint density at radius 1 is 1.44 bits per heavy atom. The van der Waals surface area contributed by atoms with Gasteiger partial charge in [0.2, 0.25) is 15.3 Å². The Balaban J connectivity index is 2.05. The molecule has 0 aliphatic rings. The second kappa shape index (κ2) is 5.35. The number of nitrogens with zero attached hydrogens (tertiary/aromatic N) is 2. The van der Waals surface area contributed by atoms with E-state index < -0.39 is 10.0 Å². The highest BCUT2D eigenvalue weighted by molar-refractivity contribution is 7.89. The highest BCUT2D eigenvalue weighted by Crippen LogP contribution is 2.26. The number of anilines is 1. The summed E-state index contributed by atoms with van der Waals surface area (Å²) >= 11 is 7.26. The normalized spacial score (nSPS) is 11.9. The van der Waals surface area contributed by atoms with Gasteiger partial charge in [0, 0.05) is 6.54 Å². The van der Waals surface area contributed by atoms with E-state index in [1.165, 1.54) is 11.3 Å². The highest BCUT2D eigenvalue weighted by Gasteiger charge is 2.08. The van der Waals surface area contributed by atoms with Crippen molar-refractivity contribution in [1.82, 2.24) is 9.97 Å². The number of hydrogen-bond donors (Lipinski definition) is 2. The molecule has 0 aromatic carbocycles. The van der Waals surface area contributed by atoms with Crippen molar-refractivity contribution in [2.45, 2.75) is 6.42 Å². The number of nitrogens with two attached hydrogens (primary N) is 1. The van der Waals surface area contributed by atoms with Gasteiger partial charge in [0.1, 0.15) is 10.6 Å². The van der Waals surface area contributed by atoms with Crippen LogP contribution in [0.5, 0.6) is 0 Å². The molecule has 0 fully saturated rings. The maximum absolute atomic E-state index is 10.8. The van der Waals surface area contributed by atoms with Crippen molar-refractivity contribution in [1.29, 1.82) is 0 Å². The summed E-state index contributed by atoms with van der Waals surface area (Å²) in [5, 5.41) is 10.9. The molecule has 18 heavy (non-hydrogen) atoms. The molecule has 2 aromatic heterocycles. The van der Waals surface area contributed by atoms with Crippen LogP contribution in [-0.4, -0.2) is 30.7 Å². The number of rotatable bonds is 5. The van der Waals surface area contributed by atoms with E-state index in [9.17, 15) is 8.42 Å². The average molecular weight is 307 g/mol. The Morgan fingerprint density at radius 2 is 2.22 bits per heavy atom. The molecule has 0 atom stereocenters. The first-order valence-electron chi connectivity index (χ1n) is 5.11. The quantitative estimate of drug-likeness (QED) is 0.643. The predicted octanol–water partition coefficient (Wildman–Crippen LogP) is 1.44. The van der Waals surface area contributed by atoms with Gasteiger partial charge in [-0.25, -0.2) is 23.5 Å². The lowest BCUT2D eigenvalue weighted by Gasteiger charge is -2.06. The minimum Gasteiger partial charge on any atom is -0.369 e. The third-order valence-corrected chi connectivity index (χ3v) is 4.03. The predicted molar refractivity (Wildman–Crippen MR) is 73.5 cm³/mol. The third kappa shape index (κ3) is 3.52. The lowest BCUT2D eigenvalue weighted by atomic mass is 10.3. The molecule has 0 aliphatic heterocycles. The van der Waals surface area contributed by atoms with Gasteiger partial charge < -0.3 is 5.32 Å². The van der Waals surface area contributed by atoms with E-state index in [2.05, 4.69) is 15.3 Å². The van der Waals surface area contributed by atoms with Crippen LogP contribution >= 0.6 is 22.9 Å². The molecule has 6 nitrogen and oxygen atoms in total. The summed E-state index contributed by atoms with van der Waals surface area (Å²) in [6.07, 6.45) is 0.409. The van der Waals surface area contributed by atoms with Crippen LogP contribution in [-0.2, 0) is 10.0 Å². The Bertz CT molecular complexity index is 656. The van der Waals surface area contributed by atoms with Crippen molar-refractivity contribution < 1.29 is 8.42 Å². The largest absolute Gasteiger partial charge is 0.369 e. The zero-order chi connectivity index (χ0) is 13.2. The first-order chi connectivity index (χ1) is 8.46. The van der Waals surface area contributed by atoms with Crippen LogP contribution in [0, 0.1) is 0 Å². The van der Waals surface area contributed by atoms with Gasteiger partial charge in [-0.2, -0.15) is 0 Å². The third-order valence-electron chi connectivity index (χ3n) is 2.20. The first-order valence-corrected chi connectivity index (χ1v) is 8.08. The number of thiophene rings is 1.